The summed E-state index contributed by atoms with van der Waals surface area (Å²) in [5.74, 6) is -2.45. The molecule has 0 amide bonds. The predicted molar refractivity (Wildman–Crippen MR) is 69.1 cm³/mol. The van der Waals surface area contributed by atoms with Gasteiger partial charge in [0, 0.05) is 20.0 Å². The smallest absolute Gasteiger partial charge is 0.307 e. The minimum absolute atomic E-state index is 0.0371. The fourth-order valence-electron chi connectivity index (χ4n) is 1.37. The minimum Gasteiger partial charge on any atom is -0.481 e. The van der Waals surface area contributed by atoms with Crippen LogP contribution in [0.4, 0.5) is 0 Å². The highest BCUT2D eigenvalue weighted by atomic mass is 32.2. The number of carboxylic acid groups (broad SMARTS) is 1. The molecule has 0 fully saturated rings. The van der Waals surface area contributed by atoms with Gasteiger partial charge in [0.25, 0.3) is 0 Å². The summed E-state index contributed by atoms with van der Waals surface area (Å²) in [5.41, 5.74) is 0. The zero-order valence-corrected chi connectivity index (χ0v) is 12.3. The van der Waals surface area contributed by atoms with Gasteiger partial charge in [-0.3, -0.25) is 9.59 Å². The van der Waals surface area contributed by atoms with Gasteiger partial charge in [-0.1, -0.05) is 6.92 Å². The molecule has 0 radical (unpaired) electrons. The van der Waals surface area contributed by atoms with E-state index in [1.54, 1.807) is 6.92 Å². The molecule has 0 saturated carbocycles. The molecule has 0 aromatic rings. The number of sulfonamides is 1. The Kier molecular flexibility index (Phi) is 7.62. The van der Waals surface area contributed by atoms with Crippen LogP contribution < -0.4 is 0 Å². The number of hydrogen-bond acceptors (Lipinski definition) is 5. The van der Waals surface area contributed by atoms with E-state index in [9.17, 15) is 18.0 Å². The Labute approximate surface area is 113 Å². The summed E-state index contributed by atoms with van der Waals surface area (Å²) in [5, 5.41) is 8.72. The second-order valence-corrected chi connectivity index (χ2v) is 6.44. The van der Waals surface area contributed by atoms with Crippen LogP contribution in [0.5, 0.6) is 0 Å². The third-order valence-corrected chi connectivity index (χ3v) is 4.42. The lowest BCUT2D eigenvalue weighted by Gasteiger charge is -2.19. The standard InChI is InChI=1S/C11H21NO6S/c1-4-18-10(13)6-5-7-19(16,17)12(3)8-9(2)11(14)15/h9H,4-8H2,1-3H3,(H,14,15). The van der Waals surface area contributed by atoms with Gasteiger partial charge in [-0.25, -0.2) is 12.7 Å². The average Bonchev–Trinajstić information content (AvgIpc) is 2.28. The maximum atomic E-state index is 11.8. The number of carbonyl (C=O) groups is 2. The molecule has 0 aromatic heterocycles. The molecule has 0 bridgehead atoms. The Bertz CT molecular complexity index is 405. The molecule has 1 N–H and O–H groups in total. The molecule has 0 aliphatic rings. The van der Waals surface area contributed by atoms with Crippen molar-refractivity contribution < 1.29 is 27.9 Å². The quantitative estimate of drug-likeness (QED) is 0.614. The van der Waals surface area contributed by atoms with Crippen molar-refractivity contribution >= 4 is 22.0 Å². The largest absolute Gasteiger partial charge is 0.481 e. The molecule has 112 valence electrons. The van der Waals surface area contributed by atoms with Crippen LogP contribution in [0.25, 0.3) is 0 Å². The Morgan fingerprint density at radius 3 is 2.42 bits per heavy atom. The van der Waals surface area contributed by atoms with Crippen molar-refractivity contribution in [2.75, 3.05) is 26.0 Å². The lowest BCUT2D eigenvalue weighted by Crippen LogP contribution is -2.35. The number of rotatable bonds is 9. The monoisotopic (exact) mass is 295 g/mol. The Hall–Kier alpha value is -1.15. The van der Waals surface area contributed by atoms with Crippen molar-refractivity contribution in [2.24, 2.45) is 5.92 Å². The van der Waals surface area contributed by atoms with Gasteiger partial charge in [-0.15, -0.1) is 0 Å². The number of carbonyl (C=O) groups excluding carboxylic acids is 1. The minimum atomic E-state index is -3.54. The molecule has 19 heavy (non-hydrogen) atoms. The van der Waals surface area contributed by atoms with Crippen LogP contribution in [0.15, 0.2) is 0 Å². The number of nitrogens with zero attached hydrogens (tertiary/aromatic N) is 1. The zero-order chi connectivity index (χ0) is 15.1. The lowest BCUT2D eigenvalue weighted by atomic mass is 10.2. The number of aliphatic carboxylic acids is 1. The van der Waals surface area contributed by atoms with E-state index in [2.05, 4.69) is 4.74 Å². The fraction of sp³-hybridized carbons (Fsp3) is 0.818. The third-order valence-electron chi connectivity index (χ3n) is 2.52. The van der Waals surface area contributed by atoms with E-state index in [0.717, 1.165) is 4.31 Å². The highest BCUT2D eigenvalue weighted by Crippen LogP contribution is 2.07. The van der Waals surface area contributed by atoms with E-state index in [1.807, 2.05) is 0 Å². The van der Waals surface area contributed by atoms with E-state index >= 15 is 0 Å². The van der Waals surface area contributed by atoms with Crippen LogP contribution in [-0.4, -0.2) is 55.7 Å². The van der Waals surface area contributed by atoms with Gasteiger partial charge in [0.2, 0.25) is 10.0 Å². The van der Waals surface area contributed by atoms with Crippen LogP contribution in [0.1, 0.15) is 26.7 Å². The van der Waals surface area contributed by atoms with Crippen molar-refractivity contribution in [1.29, 1.82) is 0 Å². The molecular formula is C11H21NO6S. The topological polar surface area (TPSA) is 101 Å². The SMILES string of the molecule is CCOC(=O)CCCS(=O)(=O)N(C)CC(C)C(=O)O. The van der Waals surface area contributed by atoms with Gasteiger partial charge >= 0.3 is 11.9 Å². The third kappa shape index (κ3) is 7.12. The van der Waals surface area contributed by atoms with Crippen LogP contribution in [0.2, 0.25) is 0 Å². The first-order chi connectivity index (χ1) is 8.70. The average molecular weight is 295 g/mol. The highest BCUT2D eigenvalue weighted by molar-refractivity contribution is 7.89. The van der Waals surface area contributed by atoms with E-state index in [1.165, 1.54) is 14.0 Å². The van der Waals surface area contributed by atoms with Gasteiger partial charge in [0.1, 0.15) is 0 Å². The molecule has 8 heteroatoms. The molecule has 0 saturated heterocycles. The summed E-state index contributed by atoms with van der Waals surface area (Å²) in [7, 11) is -2.20. The summed E-state index contributed by atoms with van der Waals surface area (Å²) < 4.78 is 29.3. The first-order valence-electron chi connectivity index (χ1n) is 6.03. The number of hydrogen-bond donors (Lipinski definition) is 1. The van der Waals surface area contributed by atoms with Gasteiger partial charge in [0.05, 0.1) is 18.3 Å². The maximum absolute atomic E-state index is 11.8. The predicted octanol–water partition coefficient (Wildman–Crippen LogP) is 0.312. The Morgan fingerprint density at radius 2 is 1.95 bits per heavy atom. The summed E-state index contributed by atoms with van der Waals surface area (Å²) in [6.45, 7) is 3.29. The first kappa shape index (κ1) is 17.8. The van der Waals surface area contributed by atoms with Gasteiger partial charge in [-0.05, 0) is 13.3 Å². The summed E-state index contributed by atoms with van der Waals surface area (Å²) in [4.78, 5) is 21.7. The maximum Gasteiger partial charge on any atom is 0.307 e. The molecule has 0 spiro atoms. The van der Waals surface area contributed by atoms with E-state index in [4.69, 9.17) is 5.11 Å². The second kappa shape index (κ2) is 8.11. The Morgan fingerprint density at radius 1 is 1.37 bits per heavy atom. The molecular weight excluding hydrogens is 274 g/mol. The van der Waals surface area contributed by atoms with Crippen LogP contribution >= 0.6 is 0 Å². The first-order valence-corrected chi connectivity index (χ1v) is 7.64. The normalized spacial score (nSPS) is 13.3. The van der Waals surface area contributed by atoms with Crippen molar-refractivity contribution in [2.45, 2.75) is 26.7 Å². The fourth-order valence-corrected chi connectivity index (χ4v) is 2.64. The van der Waals surface area contributed by atoms with Crippen molar-refractivity contribution in [1.82, 2.24) is 4.31 Å². The number of esters is 1. The summed E-state index contributed by atoms with van der Waals surface area (Å²) in [6.07, 6.45) is 0.197. The van der Waals surface area contributed by atoms with Crippen molar-refractivity contribution in [3.05, 3.63) is 0 Å². The van der Waals surface area contributed by atoms with Gasteiger partial charge in [0.15, 0.2) is 0 Å². The molecule has 1 unspecified atom stereocenters. The molecule has 0 aliphatic heterocycles. The number of carboxylic acids is 1. The van der Waals surface area contributed by atoms with Gasteiger partial charge < -0.3 is 9.84 Å². The zero-order valence-electron chi connectivity index (χ0n) is 11.5. The molecule has 0 aromatic carbocycles. The Balaban J connectivity index is 4.24. The second-order valence-electron chi connectivity index (χ2n) is 4.24. The van der Waals surface area contributed by atoms with E-state index < -0.39 is 27.9 Å². The molecule has 0 aliphatic carbocycles. The molecule has 1 atom stereocenters. The van der Waals surface area contributed by atoms with Crippen molar-refractivity contribution in [3.63, 3.8) is 0 Å². The van der Waals surface area contributed by atoms with Gasteiger partial charge in [-0.2, -0.15) is 0 Å². The molecule has 0 heterocycles. The molecule has 0 rings (SSSR count). The number of ether oxygens (including phenoxy) is 1. The lowest BCUT2D eigenvalue weighted by molar-refractivity contribution is -0.143. The van der Waals surface area contributed by atoms with Crippen LogP contribution in [0, 0.1) is 5.92 Å². The molecule has 7 nitrogen and oxygen atoms in total. The van der Waals surface area contributed by atoms with E-state index in [0.29, 0.717) is 0 Å². The van der Waals surface area contributed by atoms with Crippen molar-refractivity contribution in [3.8, 4) is 0 Å². The van der Waals surface area contributed by atoms with Crippen LogP contribution in [-0.2, 0) is 24.3 Å². The van der Waals surface area contributed by atoms with Crippen LogP contribution in [0.3, 0.4) is 0 Å². The summed E-state index contributed by atoms with van der Waals surface area (Å²) >= 11 is 0. The summed E-state index contributed by atoms with van der Waals surface area (Å²) in [6, 6.07) is 0. The highest BCUT2D eigenvalue weighted by Gasteiger charge is 2.22. The van der Waals surface area contributed by atoms with E-state index in [-0.39, 0.29) is 31.7 Å².